The highest BCUT2D eigenvalue weighted by Gasteiger charge is 2.42. The molecule has 2 aliphatic rings. The van der Waals surface area contributed by atoms with Gasteiger partial charge >= 0.3 is 0 Å². The molecule has 17 heavy (non-hydrogen) atoms. The van der Waals surface area contributed by atoms with E-state index < -0.39 is 0 Å². The summed E-state index contributed by atoms with van der Waals surface area (Å²) in [5, 5.41) is 3.44. The lowest BCUT2D eigenvalue weighted by molar-refractivity contribution is -0.103. The van der Waals surface area contributed by atoms with Gasteiger partial charge in [-0.25, -0.2) is 0 Å². The molecule has 0 aromatic heterocycles. The molecule has 0 amide bonds. The van der Waals surface area contributed by atoms with Gasteiger partial charge in [-0.2, -0.15) is 0 Å². The van der Waals surface area contributed by atoms with Crippen LogP contribution < -0.4 is 5.32 Å². The first-order valence-corrected chi connectivity index (χ1v) is 6.67. The smallest absolute Gasteiger partial charge is 0.0939 e. The van der Waals surface area contributed by atoms with Crippen molar-refractivity contribution in [3.05, 3.63) is 0 Å². The van der Waals surface area contributed by atoms with E-state index in [1.165, 1.54) is 0 Å². The van der Waals surface area contributed by atoms with Gasteiger partial charge in [0.25, 0.3) is 0 Å². The number of hydrogen-bond acceptors (Lipinski definition) is 4. The number of nitrogens with one attached hydrogen (secondary N) is 1. The molecule has 2 rings (SSSR count). The molecule has 4 nitrogen and oxygen atoms in total. The SMILES string of the molecule is CNC(CCOC)C1CCOC2(CCOC2)C1. The summed E-state index contributed by atoms with van der Waals surface area (Å²) in [5.41, 5.74) is 0.0189. The summed E-state index contributed by atoms with van der Waals surface area (Å²) in [5.74, 6) is 0.686. The van der Waals surface area contributed by atoms with Crippen molar-refractivity contribution in [2.45, 2.75) is 37.3 Å². The minimum atomic E-state index is 0.0189. The van der Waals surface area contributed by atoms with Crippen molar-refractivity contribution in [3.8, 4) is 0 Å². The first kappa shape index (κ1) is 13.3. The van der Waals surface area contributed by atoms with Gasteiger partial charge in [-0.15, -0.1) is 0 Å². The third kappa shape index (κ3) is 3.19. The standard InChI is InChI=1S/C13H25NO3/c1-14-12(4-6-15-2)11-3-7-17-13(9-11)5-8-16-10-13/h11-12,14H,3-10H2,1-2H3. The Kier molecular flexibility index (Phi) is 4.79. The summed E-state index contributed by atoms with van der Waals surface area (Å²) in [6, 6.07) is 0.538. The fraction of sp³-hybridized carbons (Fsp3) is 1.00. The van der Waals surface area contributed by atoms with Gasteiger partial charge in [0, 0.05) is 39.4 Å². The predicted molar refractivity (Wildman–Crippen MR) is 66.2 cm³/mol. The fourth-order valence-electron chi connectivity index (χ4n) is 3.13. The van der Waals surface area contributed by atoms with Crippen molar-refractivity contribution in [2.75, 3.05) is 40.6 Å². The molecule has 0 aliphatic carbocycles. The molecule has 0 radical (unpaired) electrons. The van der Waals surface area contributed by atoms with Crippen LogP contribution in [-0.4, -0.2) is 52.2 Å². The highest BCUT2D eigenvalue weighted by Crippen LogP contribution is 2.37. The normalized spacial score (nSPS) is 35.3. The minimum Gasteiger partial charge on any atom is -0.385 e. The van der Waals surface area contributed by atoms with Gasteiger partial charge in [-0.1, -0.05) is 0 Å². The van der Waals surface area contributed by atoms with Gasteiger partial charge in [0.1, 0.15) is 0 Å². The van der Waals surface area contributed by atoms with Gasteiger partial charge in [0.2, 0.25) is 0 Å². The van der Waals surface area contributed by atoms with Gasteiger partial charge in [0.15, 0.2) is 0 Å². The van der Waals surface area contributed by atoms with E-state index in [0.717, 1.165) is 52.1 Å². The Morgan fingerprint density at radius 3 is 3.00 bits per heavy atom. The molecule has 0 bridgehead atoms. The summed E-state index contributed by atoms with van der Waals surface area (Å²) in [6.07, 6.45) is 4.41. The van der Waals surface area contributed by atoms with Crippen LogP contribution in [0.1, 0.15) is 25.7 Å². The Balaban J connectivity index is 1.90. The topological polar surface area (TPSA) is 39.7 Å². The van der Waals surface area contributed by atoms with Crippen LogP contribution in [0.3, 0.4) is 0 Å². The van der Waals surface area contributed by atoms with E-state index in [9.17, 15) is 0 Å². The third-order valence-corrected chi connectivity index (χ3v) is 4.17. The molecule has 1 spiro atoms. The van der Waals surface area contributed by atoms with Crippen LogP contribution in [0.15, 0.2) is 0 Å². The van der Waals surface area contributed by atoms with Crippen molar-refractivity contribution in [1.29, 1.82) is 0 Å². The zero-order valence-electron chi connectivity index (χ0n) is 11.0. The Morgan fingerprint density at radius 1 is 1.47 bits per heavy atom. The lowest BCUT2D eigenvalue weighted by atomic mass is 9.80. The first-order chi connectivity index (χ1) is 8.29. The van der Waals surface area contributed by atoms with Gasteiger partial charge in [-0.05, 0) is 32.2 Å². The molecule has 1 N–H and O–H groups in total. The van der Waals surface area contributed by atoms with Crippen LogP contribution in [0.25, 0.3) is 0 Å². The fourth-order valence-corrected chi connectivity index (χ4v) is 3.13. The second kappa shape index (κ2) is 6.14. The molecule has 2 aliphatic heterocycles. The molecule has 2 saturated heterocycles. The number of ether oxygens (including phenoxy) is 3. The maximum atomic E-state index is 5.97. The summed E-state index contributed by atoms with van der Waals surface area (Å²) < 4.78 is 16.7. The molecule has 2 heterocycles. The first-order valence-electron chi connectivity index (χ1n) is 6.67. The molecule has 4 heteroatoms. The molecule has 3 atom stereocenters. The Morgan fingerprint density at radius 2 is 2.35 bits per heavy atom. The summed E-state index contributed by atoms with van der Waals surface area (Å²) in [6.45, 7) is 3.34. The minimum absolute atomic E-state index is 0.0189. The van der Waals surface area contributed by atoms with Crippen molar-refractivity contribution < 1.29 is 14.2 Å². The van der Waals surface area contributed by atoms with Crippen molar-refractivity contribution >= 4 is 0 Å². The van der Waals surface area contributed by atoms with Crippen molar-refractivity contribution in [3.63, 3.8) is 0 Å². The number of rotatable bonds is 5. The van der Waals surface area contributed by atoms with E-state index >= 15 is 0 Å². The second-order valence-electron chi connectivity index (χ2n) is 5.26. The van der Waals surface area contributed by atoms with Gasteiger partial charge < -0.3 is 19.5 Å². The molecule has 0 aromatic carbocycles. The lowest BCUT2D eigenvalue weighted by Gasteiger charge is -2.40. The van der Waals surface area contributed by atoms with Gasteiger partial charge in [0.05, 0.1) is 12.2 Å². The lowest BCUT2D eigenvalue weighted by Crippen LogP contribution is -2.46. The molecule has 100 valence electrons. The van der Waals surface area contributed by atoms with Crippen LogP contribution in [0.4, 0.5) is 0 Å². The second-order valence-corrected chi connectivity index (χ2v) is 5.26. The van der Waals surface area contributed by atoms with E-state index in [1.54, 1.807) is 7.11 Å². The Bertz CT molecular complexity index is 229. The average Bonchev–Trinajstić information content (AvgIpc) is 2.78. The monoisotopic (exact) mass is 243 g/mol. The van der Waals surface area contributed by atoms with E-state index in [4.69, 9.17) is 14.2 Å². The molecule has 2 fully saturated rings. The number of hydrogen-bond donors (Lipinski definition) is 1. The predicted octanol–water partition coefficient (Wildman–Crippen LogP) is 1.20. The van der Waals surface area contributed by atoms with Crippen LogP contribution in [0, 0.1) is 5.92 Å². The van der Waals surface area contributed by atoms with E-state index in [2.05, 4.69) is 5.32 Å². The van der Waals surface area contributed by atoms with E-state index in [1.807, 2.05) is 7.05 Å². The summed E-state index contributed by atoms with van der Waals surface area (Å²) in [7, 11) is 3.82. The van der Waals surface area contributed by atoms with Gasteiger partial charge in [-0.3, -0.25) is 0 Å². The van der Waals surface area contributed by atoms with Crippen LogP contribution in [-0.2, 0) is 14.2 Å². The zero-order valence-corrected chi connectivity index (χ0v) is 11.0. The average molecular weight is 243 g/mol. The molecule has 0 aromatic rings. The zero-order chi connectivity index (χ0) is 12.1. The van der Waals surface area contributed by atoms with Crippen LogP contribution in [0.5, 0.6) is 0 Å². The number of methoxy groups -OCH3 is 1. The quantitative estimate of drug-likeness (QED) is 0.787. The summed E-state index contributed by atoms with van der Waals surface area (Å²) in [4.78, 5) is 0. The molecular weight excluding hydrogens is 218 g/mol. The third-order valence-electron chi connectivity index (χ3n) is 4.17. The Hall–Kier alpha value is -0.160. The molecular formula is C13H25NO3. The maximum Gasteiger partial charge on any atom is 0.0939 e. The molecule has 0 saturated carbocycles. The maximum absolute atomic E-state index is 5.97. The molecule has 3 unspecified atom stereocenters. The van der Waals surface area contributed by atoms with Crippen LogP contribution >= 0.6 is 0 Å². The summed E-state index contributed by atoms with van der Waals surface area (Å²) >= 11 is 0. The van der Waals surface area contributed by atoms with E-state index in [0.29, 0.717) is 12.0 Å². The van der Waals surface area contributed by atoms with Crippen LogP contribution in [0.2, 0.25) is 0 Å². The Labute approximate surface area is 104 Å². The van der Waals surface area contributed by atoms with Crippen molar-refractivity contribution in [2.24, 2.45) is 5.92 Å². The highest BCUT2D eigenvalue weighted by atomic mass is 16.6. The van der Waals surface area contributed by atoms with E-state index in [-0.39, 0.29) is 5.60 Å². The van der Waals surface area contributed by atoms with Crippen molar-refractivity contribution in [1.82, 2.24) is 5.32 Å². The highest BCUT2D eigenvalue weighted by molar-refractivity contribution is 4.93. The largest absolute Gasteiger partial charge is 0.385 e.